The molecule has 4 N–H and O–H groups in total. The Labute approximate surface area is 110 Å². The molecule has 0 saturated heterocycles. The van der Waals surface area contributed by atoms with Crippen LogP contribution in [-0.2, 0) is 0 Å². The number of rotatable bonds is 4. The van der Waals surface area contributed by atoms with Crippen LogP contribution < -0.4 is 16.6 Å². The quantitative estimate of drug-likeness (QED) is 0.578. The molecule has 1 aromatic rings. The van der Waals surface area contributed by atoms with Crippen molar-refractivity contribution in [1.82, 2.24) is 5.32 Å². The van der Waals surface area contributed by atoms with Crippen molar-refractivity contribution in [2.45, 2.75) is 20.3 Å². The topological polar surface area (TPSA) is 67.2 Å². The Balaban J connectivity index is 2.03. The fraction of sp³-hybridized carbons (Fsp3) is 0.462. The van der Waals surface area contributed by atoms with Gasteiger partial charge in [0.15, 0.2) is 11.6 Å². The number of hydrogen-bond acceptors (Lipinski definition) is 3. The molecule has 4 nitrogen and oxygen atoms in total. The number of nitrogens with one attached hydrogen (secondary N) is 2. The SMILES string of the molecule is CC1(C)CC1CNC(=O)c1cc(F)c(NN)c(F)c1. The summed E-state index contributed by atoms with van der Waals surface area (Å²) < 4.78 is 26.9. The van der Waals surface area contributed by atoms with E-state index in [0.29, 0.717) is 12.5 Å². The Morgan fingerprint density at radius 3 is 2.37 bits per heavy atom. The molecular weight excluding hydrogens is 252 g/mol. The average molecular weight is 269 g/mol. The maximum Gasteiger partial charge on any atom is 0.251 e. The van der Waals surface area contributed by atoms with Crippen LogP contribution in [0.4, 0.5) is 14.5 Å². The molecule has 1 aliphatic rings. The minimum absolute atomic E-state index is 0.0487. The van der Waals surface area contributed by atoms with Gasteiger partial charge in [0.2, 0.25) is 0 Å². The molecule has 1 aromatic carbocycles. The highest BCUT2D eigenvalue weighted by Crippen LogP contribution is 2.50. The van der Waals surface area contributed by atoms with Crippen LogP contribution in [-0.4, -0.2) is 12.5 Å². The van der Waals surface area contributed by atoms with E-state index in [1.54, 1.807) is 0 Å². The molecule has 1 amide bonds. The van der Waals surface area contributed by atoms with Crippen molar-refractivity contribution in [3.8, 4) is 0 Å². The zero-order valence-electron chi connectivity index (χ0n) is 10.9. The standard InChI is InChI=1S/C13H17F2N3O/c1-13(2)5-8(13)6-17-12(19)7-3-9(14)11(18-16)10(15)4-7/h3-4,8,18H,5-6,16H2,1-2H3,(H,17,19). The molecule has 1 fully saturated rings. The van der Waals surface area contributed by atoms with Crippen LogP contribution >= 0.6 is 0 Å². The first kappa shape index (κ1) is 13.7. The lowest BCUT2D eigenvalue weighted by Gasteiger charge is -2.09. The van der Waals surface area contributed by atoms with Crippen molar-refractivity contribution in [3.05, 3.63) is 29.3 Å². The smallest absolute Gasteiger partial charge is 0.251 e. The number of hydrogen-bond donors (Lipinski definition) is 3. The number of halogens is 2. The van der Waals surface area contributed by atoms with E-state index < -0.39 is 23.2 Å². The third-order valence-electron chi connectivity index (χ3n) is 3.68. The Kier molecular flexibility index (Phi) is 3.45. The fourth-order valence-corrected chi connectivity index (χ4v) is 2.08. The average Bonchev–Trinajstić information content (AvgIpc) is 2.93. The first-order valence-corrected chi connectivity index (χ1v) is 6.09. The van der Waals surface area contributed by atoms with Crippen LogP contribution in [0.15, 0.2) is 12.1 Å². The third kappa shape index (κ3) is 2.84. The molecule has 2 rings (SSSR count). The van der Waals surface area contributed by atoms with E-state index in [1.165, 1.54) is 0 Å². The Morgan fingerprint density at radius 2 is 1.95 bits per heavy atom. The maximum absolute atomic E-state index is 13.4. The summed E-state index contributed by atoms with van der Waals surface area (Å²) in [7, 11) is 0. The van der Waals surface area contributed by atoms with Crippen molar-refractivity contribution in [2.24, 2.45) is 17.2 Å². The minimum atomic E-state index is -0.889. The lowest BCUT2D eigenvalue weighted by atomic mass is 10.1. The van der Waals surface area contributed by atoms with E-state index in [1.807, 2.05) is 5.43 Å². The number of nitrogens with two attached hydrogens (primary N) is 1. The molecule has 1 unspecified atom stereocenters. The highest BCUT2D eigenvalue weighted by atomic mass is 19.1. The second-order valence-corrected chi connectivity index (χ2v) is 5.56. The van der Waals surface area contributed by atoms with Crippen molar-refractivity contribution in [3.63, 3.8) is 0 Å². The molecule has 0 radical (unpaired) electrons. The van der Waals surface area contributed by atoms with Gasteiger partial charge in [-0.3, -0.25) is 10.6 Å². The highest BCUT2D eigenvalue weighted by molar-refractivity contribution is 5.94. The first-order chi connectivity index (χ1) is 8.85. The Bertz CT molecular complexity index is 494. The van der Waals surface area contributed by atoms with E-state index in [4.69, 9.17) is 5.84 Å². The van der Waals surface area contributed by atoms with Crippen molar-refractivity contribution < 1.29 is 13.6 Å². The van der Waals surface area contributed by atoms with Gasteiger partial charge in [-0.2, -0.15) is 0 Å². The molecule has 1 aliphatic carbocycles. The second-order valence-electron chi connectivity index (χ2n) is 5.56. The molecule has 19 heavy (non-hydrogen) atoms. The summed E-state index contributed by atoms with van der Waals surface area (Å²) in [4.78, 5) is 11.8. The van der Waals surface area contributed by atoms with Crippen LogP contribution in [0.25, 0.3) is 0 Å². The molecule has 1 atom stereocenters. The normalized spacial score (nSPS) is 19.9. The van der Waals surface area contributed by atoms with E-state index >= 15 is 0 Å². The zero-order valence-corrected chi connectivity index (χ0v) is 10.9. The summed E-state index contributed by atoms with van der Waals surface area (Å²) >= 11 is 0. The molecule has 1 saturated carbocycles. The van der Waals surface area contributed by atoms with E-state index in [0.717, 1.165) is 18.6 Å². The van der Waals surface area contributed by atoms with Gasteiger partial charge in [0.05, 0.1) is 0 Å². The summed E-state index contributed by atoms with van der Waals surface area (Å²) in [5.74, 6) is 3.15. The monoisotopic (exact) mass is 269 g/mol. The van der Waals surface area contributed by atoms with Gasteiger partial charge in [0.25, 0.3) is 5.91 Å². The molecule has 0 heterocycles. The number of carbonyl (C=O) groups is 1. The summed E-state index contributed by atoms with van der Waals surface area (Å²) in [6.07, 6.45) is 1.05. The van der Waals surface area contributed by atoms with Crippen LogP contribution in [0, 0.1) is 23.0 Å². The van der Waals surface area contributed by atoms with Gasteiger partial charge in [0.1, 0.15) is 5.69 Å². The highest BCUT2D eigenvalue weighted by Gasteiger charge is 2.45. The fourth-order valence-electron chi connectivity index (χ4n) is 2.08. The molecule has 0 bridgehead atoms. The number of anilines is 1. The first-order valence-electron chi connectivity index (χ1n) is 6.09. The molecule has 0 aliphatic heterocycles. The number of benzene rings is 1. The van der Waals surface area contributed by atoms with Crippen LogP contribution in [0.5, 0.6) is 0 Å². The Morgan fingerprint density at radius 1 is 1.42 bits per heavy atom. The van der Waals surface area contributed by atoms with Crippen LogP contribution in [0.1, 0.15) is 30.6 Å². The molecule has 104 valence electrons. The third-order valence-corrected chi connectivity index (χ3v) is 3.68. The van der Waals surface area contributed by atoms with E-state index in [-0.39, 0.29) is 11.0 Å². The Hall–Kier alpha value is -1.69. The number of hydrazine groups is 1. The molecule has 6 heteroatoms. The van der Waals surface area contributed by atoms with Crippen molar-refractivity contribution in [2.75, 3.05) is 12.0 Å². The summed E-state index contributed by atoms with van der Waals surface area (Å²) in [5.41, 5.74) is 1.67. The summed E-state index contributed by atoms with van der Waals surface area (Å²) in [6, 6.07) is 1.93. The lowest BCUT2D eigenvalue weighted by Crippen LogP contribution is -2.27. The maximum atomic E-state index is 13.4. The molecular formula is C13H17F2N3O. The van der Waals surface area contributed by atoms with Gasteiger partial charge < -0.3 is 10.7 Å². The summed E-state index contributed by atoms with van der Waals surface area (Å²) in [5, 5.41) is 2.68. The number of carbonyl (C=O) groups excluding carboxylic acids is 1. The van der Waals surface area contributed by atoms with Crippen molar-refractivity contribution >= 4 is 11.6 Å². The van der Waals surface area contributed by atoms with Crippen molar-refractivity contribution in [1.29, 1.82) is 0 Å². The summed E-state index contributed by atoms with van der Waals surface area (Å²) in [6.45, 7) is 4.75. The molecule has 0 aromatic heterocycles. The van der Waals surface area contributed by atoms with Gasteiger partial charge in [-0.05, 0) is 29.9 Å². The van der Waals surface area contributed by atoms with E-state index in [2.05, 4.69) is 19.2 Å². The lowest BCUT2D eigenvalue weighted by molar-refractivity contribution is 0.0949. The second kappa shape index (κ2) is 4.77. The van der Waals surface area contributed by atoms with Gasteiger partial charge in [0, 0.05) is 12.1 Å². The van der Waals surface area contributed by atoms with Gasteiger partial charge in [-0.1, -0.05) is 13.8 Å². The minimum Gasteiger partial charge on any atom is -0.352 e. The predicted molar refractivity (Wildman–Crippen MR) is 68.4 cm³/mol. The van der Waals surface area contributed by atoms with Gasteiger partial charge in [-0.25, -0.2) is 8.78 Å². The largest absolute Gasteiger partial charge is 0.352 e. The predicted octanol–water partition coefficient (Wildman–Crippen LogP) is 2.03. The zero-order chi connectivity index (χ0) is 14.2. The number of amides is 1. The van der Waals surface area contributed by atoms with Gasteiger partial charge in [-0.15, -0.1) is 0 Å². The van der Waals surface area contributed by atoms with E-state index in [9.17, 15) is 13.6 Å². The van der Waals surface area contributed by atoms with Crippen LogP contribution in [0.2, 0.25) is 0 Å². The van der Waals surface area contributed by atoms with Gasteiger partial charge >= 0.3 is 0 Å². The molecule has 0 spiro atoms. The number of nitrogen functional groups attached to an aromatic ring is 1. The van der Waals surface area contributed by atoms with Crippen LogP contribution in [0.3, 0.4) is 0 Å².